The summed E-state index contributed by atoms with van der Waals surface area (Å²) >= 11 is 0. The number of phenols is 1. The third kappa shape index (κ3) is 5.37. The number of nitro benzene ring substituents is 1. The van der Waals surface area contributed by atoms with Crippen molar-refractivity contribution in [2.75, 3.05) is 13.2 Å². The normalized spacial score (nSPS) is 11.6. The number of nitro groups is 2. The van der Waals surface area contributed by atoms with Gasteiger partial charge < -0.3 is 14.9 Å². The molecular weight excluding hydrogens is 316 g/mol. The molecule has 0 heterocycles. The highest BCUT2D eigenvalue weighted by Gasteiger charge is 2.23. The van der Waals surface area contributed by atoms with E-state index in [1.54, 1.807) is 5.43 Å². The van der Waals surface area contributed by atoms with Gasteiger partial charge in [0.25, 0.3) is 11.6 Å². The van der Waals surface area contributed by atoms with E-state index < -0.39 is 52.9 Å². The summed E-state index contributed by atoms with van der Waals surface area (Å²) in [5.41, 5.74) is 1.14. The molecule has 12 nitrogen and oxygen atoms in total. The molecule has 12 heteroatoms. The second kappa shape index (κ2) is 7.86. The van der Waals surface area contributed by atoms with Crippen molar-refractivity contribution in [3.63, 3.8) is 0 Å². The number of rotatable bonds is 8. The summed E-state index contributed by atoms with van der Waals surface area (Å²) in [6.45, 7) is -1.38. The average molecular weight is 330 g/mol. The third-order valence-electron chi connectivity index (χ3n) is 2.69. The highest BCUT2D eigenvalue weighted by atomic mass is 16.6. The molecule has 0 aromatic heterocycles. The van der Waals surface area contributed by atoms with Crippen molar-refractivity contribution < 1.29 is 29.6 Å². The van der Waals surface area contributed by atoms with Gasteiger partial charge in [0.2, 0.25) is 6.54 Å². The molecule has 0 aliphatic rings. The van der Waals surface area contributed by atoms with Crippen LogP contribution in [0.4, 0.5) is 5.69 Å². The highest BCUT2D eigenvalue weighted by Crippen LogP contribution is 2.34. The Labute approximate surface area is 128 Å². The minimum atomic E-state index is -1.46. The van der Waals surface area contributed by atoms with E-state index in [1.165, 1.54) is 0 Å². The lowest BCUT2D eigenvalue weighted by molar-refractivity contribution is -0.490. The second-order valence-corrected chi connectivity index (χ2v) is 4.44. The minimum Gasteiger partial charge on any atom is -0.504 e. The number of aliphatic hydroxyl groups is 1. The first-order chi connectivity index (χ1) is 10.7. The van der Waals surface area contributed by atoms with Gasteiger partial charge in [-0.05, 0) is 6.07 Å². The van der Waals surface area contributed by atoms with Crippen molar-refractivity contribution >= 4 is 11.6 Å². The van der Waals surface area contributed by atoms with Crippen molar-refractivity contribution in [1.82, 2.24) is 5.43 Å². The van der Waals surface area contributed by atoms with Gasteiger partial charge in [0.15, 0.2) is 18.1 Å². The van der Waals surface area contributed by atoms with Crippen LogP contribution in [0.3, 0.4) is 0 Å². The molecule has 1 atom stereocenters. The van der Waals surface area contributed by atoms with Gasteiger partial charge in [0, 0.05) is 16.9 Å². The number of aliphatic hydroxyl groups excluding tert-OH is 1. The molecule has 126 valence electrons. The van der Waals surface area contributed by atoms with Crippen LogP contribution in [0.2, 0.25) is 0 Å². The molecule has 5 N–H and O–H groups in total. The van der Waals surface area contributed by atoms with E-state index in [2.05, 4.69) is 0 Å². The number of hydrogen-bond donors (Lipinski definition) is 4. The molecule has 0 aliphatic carbocycles. The second-order valence-electron chi connectivity index (χ2n) is 4.44. The number of amides is 1. The van der Waals surface area contributed by atoms with Crippen LogP contribution < -0.4 is 16.0 Å². The molecular formula is C11H14N4O8. The monoisotopic (exact) mass is 330 g/mol. The number of nitrogens with one attached hydrogen (secondary N) is 1. The Hall–Kier alpha value is -2.99. The van der Waals surface area contributed by atoms with Gasteiger partial charge in [0.05, 0.1) is 11.0 Å². The molecule has 0 aliphatic heterocycles. The molecule has 0 radical (unpaired) electrons. The van der Waals surface area contributed by atoms with E-state index in [9.17, 15) is 35.2 Å². The number of phenolic OH excluding ortho intramolecular Hbond substituents is 1. The lowest BCUT2D eigenvalue weighted by Gasteiger charge is -2.11. The van der Waals surface area contributed by atoms with Gasteiger partial charge in [-0.1, -0.05) is 0 Å². The predicted molar refractivity (Wildman–Crippen MR) is 74.2 cm³/mol. The Bertz CT molecular complexity index is 620. The molecule has 1 amide bonds. The van der Waals surface area contributed by atoms with Crippen molar-refractivity contribution in [2.45, 2.75) is 12.5 Å². The maximum Gasteiger partial charge on any atom is 0.276 e. The van der Waals surface area contributed by atoms with Crippen molar-refractivity contribution in [3.8, 4) is 11.5 Å². The molecule has 0 saturated heterocycles. The fraction of sp³-hybridized carbons (Fsp3) is 0.364. The minimum absolute atomic E-state index is 0.113. The molecule has 23 heavy (non-hydrogen) atoms. The Balaban J connectivity index is 3.03. The summed E-state index contributed by atoms with van der Waals surface area (Å²) in [5.74, 6) is 3.25. The quantitative estimate of drug-likeness (QED) is 0.197. The Morgan fingerprint density at radius 1 is 1.39 bits per heavy atom. The summed E-state index contributed by atoms with van der Waals surface area (Å²) in [5, 5.41) is 40.6. The molecule has 0 saturated carbocycles. The van der Waals surface area contributed by atoms with E-state index in [0.29, 0.717) is 0 Å². The predicted octanol–water partition coefficient (Wildman–Crippen LogP) is -1.15. The lowest BCUT2D eigenvalue weighted by Crippen LogP contribution is -2.34. The van der Waals surface area contributed by atoms with Crippen molar-refractivity contribution in [3.05, 3.63) is 37.9 Å². The van der Waals surface area contributed by atoms with E-state index in [1.807, 2.05) is 0 Å². The van der Waals surface area contributed by atoms with Gasteiger partial charge in [-0.25, -0.2) is 5.84 Å². The SMILES string of the molecule is NNC(=O)COc1cc([N+](=O)[O-])c(CC(O)C[N+](=O)[O-])cc1O. The Morgan fingerprint density at radius 3 is 2.57 bits per heavy atom. The van der Waals surface area contributed by atoms with Crippen LogP contribution in [0.1, 0.15) is 5.56 Å². The maximum atomic E-state index is 11.0. The number of carbonyl (C=O) groups is 1. The number of aromatic hydroxyl groups is 1. The number of hydrazine groups is 1. The lowest BCUT2D eigenvalue weighted by atomic mass is 10.0. The third-order valence-corrected chi connectivity index (χ3v) is 2.69. The van der Waals surface area contributed by atoms with Crippen LogP contribution in [-0.4, -0.2) is 45.2 Å². The maximum absolute atomic E-state index is 11.0. The number of ether oxygens (including phenoxy) is 1. The van der Waals surface area contributed by atoms with Gasteiger partial charge >= 0.3 is 0 Å². The Kier molecular flexibility index (Phi) is 6.17. The van der Waals surface area contributed by atoms with E-state index in [0.717, 1.165) is 12.1 Å². The van der Waals surface area contributed by atoms with Crippen molar-refractivity contribution in [2.24, 2.45) is 5.84 Å². The molecule has 0 bridgehead atoms. The Morgan fingerprint density at radius 2 is 2.04 bits per heavy atom. The largest absolute Gasteiger partial charge is 0.504 e. The smallest absolute Gasteiger partial charge is 0.276 e. The summed E-state index contributed by atoms with van der Waals surface area (Å²) in [6.07, 6.45) is -1.87. The first kappa shape index (κ1) is 18.1. The molecule has 1 aromatic rings. The molecule has 1 unspecified atom stereocenters. The number of nitrogens with zero attached hydrogens (tertiary/aromatic N) is 2. The van der Waals surface area contributed by atoms with Gasteiger partial charge in [-0.15, -0.1) is 0 Å². The zero-order chi connectivity index (χ0) is 17.6. The average Bonchev–Trinajstić information content (AvgIpc) is 2.44. The van der Waals surface area contributed by atoms with E-state index in [4.69, 9.17) is 10.6 Å². The first-order valence-electron chi connectivity index (χ1n) is 6.17. The topological polar surface area (TPSA) is 191 Å². The summed E-state index contributed by atoms with van der Waals surface area (Å²) in [4.78, 5) is 30.7. The van der Waals surface area contributed by atoms with Gasteiger partial charge in [-0.3, -0.25) is 30.4 Å². The zero-order valence-corrected chi connectivity index (χ0v) is 11.7. The fourth-order valence-corrected chi connectivity index (χ4v) is 1.73. The number of nitrogens with two attached hydrogens (primary N) is 1. The van der Waals surface area contributed by atoms with E-state index in [-0.39, 0.29) is 11.3 Å². The molecule has 0 fully saturated rings. The summed E-state index contributed by atoms with van der Waals surface area (Å²) < 4.78 is 4.89. The number of hydrogen-bond acceptors (Lipinski definition) is 9. The summed E-state index contributed by atoms with van der Waals surface area (Å²) in [7, 11) is 0. The van der Waals surface area contributed by atoms with Gasteiger partial charge in [0.1, 0.15) is 6.10 Å². The van der Waals surface area contributed by atoms with Crippen LogP contribution in [0.25, 0.3) is 0 Å². The highest BCUT2D eigenvalue weighted by molar-refractivity contribution is 5.76. The van der Waals surface area contributed by atoms with E-state index >= 15 is 0 Å². The first-order valence-corrected chi connectivity index (χ1v) is 6.17. The number of benzene rings is 1. The zero-order valence-electron chi connectivity index (χ0n) is 11.7. The van der Waals surface area contributed by atoms with Crippen LogP contribution >= 0.6 is 0 Å². The number of carbonyl (C=O) groups excluding carboxylic acids is 1. The molecule has 0 spiro atoms. The van der Waals surface area contributed by atoms with Crippen molar-refractivity contribution in [1.29, 1.82) is 0 Å². The van der Waals surface area contributed by atoms with Crippen LogP contribution in [0, 0.1) is 20.2 Å². The van der Waals surface area contributed by atoms with Gasteiger partial charge in [-0.2, -0.15) is 0 Å². The fourth-order valence-electron chi connectivity index (χ4n) is 1.73. The van der Waals surface area contributed by atoms with Crippen LogP contribution in [-0.2, 0) is 11.2 Å². The molecule has 1 rings (SSSR count). The van der Waals surface area contributed by atoms with Crippen LogP contribution in [0.15, 0.2) is 12.1 Å². The molecule has 1 aromatic carbocycles. The standard InChI is InChI=1S/C11H14N4O8/c12-13-11(18)5-23-10-3-8(15(21)22)6(2-9(10)17)1-7(16)4-14(19)20/h2-3,7,16-17H,1,4-5,12H2,(H,13,18). The van der Waals surface area contributed by atoms with Crippen LogP contribution in [0.5, 0.6) is 11.5 Å². The summed E-state index contributed by atoms with van der Waals surface area (Å²) in [6, 6.07) is 1.80.